The first-order valence-electron chi connectivity index (χ1n) is 5.74. The van der Waals surface area contributed by atoms with Gasteiger partial charge in [0.15, 0.2) is 0 Å². The Morgan fingerprint density at radius 3 is 2.83 bits per heavy atom. The van der Waals surface area contributed by atoms with Gasteiger partial charge in [0, 0.05) is 18.6 Å². The number of alkyl halides is 1. The van der Waals surface area contributed by atoms with E-state index in [1.54, 1.807) is 26.2 Å². The van der Waals surface area contributed by atoms with Gasteiger partial charge in [-0.25, -0.2) is 0 Å². The molecule has 1 rings (SSSR count). The molecule has 5 heteroatoms. The molecule has 0 saturated heterocycles. The summed E-state index contributed by atoms with van der Waals surface area (Å²) in [7, 11) is 1.58. The van der Waals surface area contributed by atoms with Gasteiger partial charge in [-0.3, -0.25) is 4.79 Å². The molecule has 1 amide bonds. The number of hydrogen-bond acceptors (Lipinski definition) is 3. The predicted octanol–water partition coefficient (Wildman–Crippen LogP) is 2.07. The molecular weight excluding hydrogens is 254 g/mol. The Morgan fingerprint density at radius 2 is 2.28 bits per heavy atom. The second kappa shape index (κ2) is 7.24. The number of aromatic hydroxyl groups is 1. The fourth-order valence-corrected chi connectivity index (χ4v) is 1.96. The van der Waals surface area contributed by atoms with Crippen LogP contribution in [0.3, 0.4) is 0 Å². The molecule has 0 spiro atoms. The molecule has 0 bridgehead atoms. The van der Waals surface area contributed by atoms with E-state index in [1.807, 2.05) is 0 Å². The van der Waals surface area contributed by atoms with Gasteiger partial charge in [0.05, 0.1) is 12.6 Å². The Labute approximate surface area is 112 Å². The number of ether oxygens (including phenoxy) is 1. The molecule has 0 aromatic heterocycles. The van der Waals surface area contributed by atoms with E-state index in [4.69, 9.17) is 16.3 Å². The number of carbonyl (C=O) groups is 1. The van der Waals surface area contributed by atoms with Gasteiger partial charge in [-0.2, -0.15) is 0 Å². The Morgan fingerprint density at radius 1 is 1.56 bits per heavy atom. The van der Waals surface area contributed by atoms with Gasteiger partial charge < -0.3 is 15.2 Å². The first kappa shape index (κ1) is 14.8. The maximum Gasteiger partial charge on any atom is 0.251 e. The number of carbonyl (C=O) groups excluding carboxylic acids is 1. The van der Waals surface area contributed by atoms with Crippen molar-refractivity contribution in [1.29, 1.82) is 0 Å². The molecule has 1 atom stereocenters. The largest absolute Gasteiger partial charge is 0.508 e. The second-order valence-electron chi connectivity index (χ2n) is 4.10. The summed E-state index contributed by atoms with van der Waals surface area (Å²) >= 11 is 5.67. The van der Waals surface area contributed by atoms with E-state index in [9.17, 15) is 9.90 Å². The molecule has 0 saturated carbocycles. The van der Waals surface area contributed by atoms with Crippen molar-refractivity contribution in [3.63, 3.8) is 0 Å². The smallest absolute Gasteiger partial charge is 0.251 e. The number of rotatable bonds is 6. The quantitative estimate of drug-likeness (QED) is 0.779. The number of hydrogen-bond donors (Lipinski definition) is 2. The average Bonchev–Trinajstić information content (AvgIpc) is 2.29. The maximum atomic E-state index is 12.0. The first-order chi connectivity index (χ1) is 8.58. The lowest BCUT2D eigenvalue weighted by Crippen LogP contribution is -2.38. The number of phenolic OH excluding ortho intramolecular Hbond substituents is 1. The molecule has 1 aromatic carbocycles. The van der Waals surface area contributed by atoms with Gasteiger partial charge in [-0.1, -0.05) is 0 Å². The molecule has 0 aliphatic carbocycles. The third kappa shape index (κ3) is 4.20. The summed E-state index contributed by atoms with van der Waals surface area (Å²) in [6, 6.07) is 4.55. The van der Waals surface area contributed by atoms with Gasteiger partial charge in [0.25, 0.3) is 5.91 Å². The molecule has 0 aliphatic heterocycles. The summed E-state index contributed by atoms with van der Waals surface area (Å²) in [5.41, 5.74) is 1.28. The van der Waals surface area contributed by atoms with Crippen LogP contribution in [-0.4, -0.2) is 36.7 Å². The average molecular weight is 272 g/mol. The number of methoxy groups -OCH3 is 1. The van der Waals surface area contributed by atoms with Crippen LogP contribution < -0.4 is 5.32 Å². The Bertz CT molecular complexity index is 403. The van der Waals surface area contributed by atoms with Crippen molar-refractivity contribution >= 4 is 17.5 Å². The summed E-state index contributed by atoms with van der Waals surface area (Å²) in [5.74, 6) is 0.431. The molecular formula is C13H18ClNO3. The number of nitrogens with one attached hydrogen (secondary N) is 1. The number of halogens is 1. The van der Waals surface area contributed by atoms with E-state index in [2.05, 4.69) is 5.32 Å². The van der Waals surface area contributed by atoms with Gasteiger partial charge in [-0.15, -0.1) is 11.6 Å². The Balaban J connectivity index is 2.73. The minimum atomic E-state index is -0.181. The zero-order valence-electron chi connectivity index (χ0n) is 10.6. The maximum absolute atomic E-state index is 12.0. The number of phenols is 1. The SMILES string of the molecule is COCC(CCCl)NC(=O)c1ccc(O)cc1C. The monoisotopic (exact) mass is 271 g/mol. The van der Waals surface area contributed by atoms with Crippen molar-refractivity contribution in [3.8, 4) is 5.75 Å². The fourth-order valence-electron chi connectivity index (χ4n) is 1.70. The molecule has 0 heterocycles. The zero-order valence-corrected chi connectivity index (χ0v) is 11.3. The van der Waals surface area contributed by atoms with Crippen LogP contribution in [0.1, 0.15) is 22.3 Å². The van der Waals surface area contributed by atoms with Gasteiger partial charge >= 0.3 is 0 Å². The highest BCUT2D eigenvalue weighted by atomic mass is 35.5. The molecule has 0 radical (unpaired) electrons. The minimum Gasteiger partial charge on any atom is -0.508 e. The molecule has 100 valence electrons. The van der Waals surface area contributed by atoms with Crippen LogP contribution in [-0.2, 0) is 4.74 Å². The first-order valence-corrected chi connectivity index (χ1v) is 6.27. The van der Waals surface area contributed by atoms with Gasteiger partial charge in [0.2, 0.25) is 0 Å². The highest BCUT2D eigenvalue weighted by Crippen LogP contribution is 2.15. The van der Waals surface area contributed by atoms with Crippen LogP contribution in [0, 0.1) is 6.92 Å². The van der Waals surface area contributed by atoms with Crippen LogP contribution in [0.15, 0.2) is 18.2 Å². The van der Waals surface area contributed by atoms with Gasteiger partial charge in [0.1, 0.15) is 5.75 Å². The van der Waals surface area contributed by atoms with Crippen LogP contribution in [0.4, 0.5) is 0 Å². The summed E-state index contributed by atoms with van der Waals surface area (Å²) in [5, 5.41) is 12.2. The highest BCUT2D eigenvalue weighted by molar-refractivity contribution is 6.17. The van der Waals surface area contributed by atoms with E-state index in [1.165, 1.54) is 6.07 Å². The number of aryl methyl sites for hydroxylation is 1. The van der Waals surface area contributed by atoms with Crippen LogP contribution in [0.2, 0.25) is 0 Å². The number of benzene rings is 1. The summed E-state index contributed by atoms with van der Waals surface area (Å²) in [4.78, 5) is 12.0. The third-order valence-corrected chi connectivity index (χ3v) is 2.83. The van der Waals surface area contributed by atoms with Crippen LogP contribution in [0.5, 0.6) is 5.75 Å². The number of amides is 1. The zero-order chi connectivity index (χ0) is 13.5. The summed E-state index contributed by atoms with van der Waals surface area (Å²) in [6.45, 7) is 2.21. The molecule has 0 aliphatic rings. The molecule has 18 heavy (non-hydrogen) atoms. The standard InChI is InChI=1S/C13H18ClNO3/c1-9-7-11(16)3-4-12(9)13(17)15-10(5-6-14)8-18-2/h3-4,7,10,16H,5-6,8H2,1-2H3,(H,15,17). The predicted molar refractivity (Wildman–Crippen MR) is 71.3 cm³/mol. The summed E-state index contributed by atoms with van der Waals surface area (Å²) < 4.78 is 5.03. The van der Waals surface area contributed by atoms with Crippen molar-refractivity contribution in [3.05, 3.63) is 29.3 Å². The molecule has 4 nitrogen and oxygen atoms in total. The Hall–Kier alpha value is -1.26. The lowest BCUT2D eigenvalue weighted by molar-refractivity contribution is 0.0894. The molecule has 1 aromatic rings. The molecule has 2 N–H and O–H groups in total. The van der Waals surface area contributed by atoms with E-state index in [-0.39, 0.29) is 17.7 Å². The van der Waals surface area contributed by atoms with E-state index in [0.29, 0.717) is 24.5 Å². The third-order valence-electron chi connectivity index (χ3n) is 2.62. The van der Waals surface area contributed by atoms with Crippen molar-refractivity contribution in [2.24, 2.45) is 0 Å². The van der Waals surface area contributed by atoms with Gasteiger partial charge in [-0.05, 0) is 37.1 Å². The lowest BCUT2D eigenvalue weighted by atomic mass is 10.1. The second-order valence-corrected chi connectivity index (χ2v) is 4.48. The van der Waals surface area contributed by atoms with Crippen molar-refractivity contribution in [2.75, 3.05) is 19.6 Å². The lowest BCUT2D eigenvalue weighted by Gasteiger charge is -2.17. The minimum absolute atomic E-state index is 0.104. The van der Waals surface area contributed by atoms with E-state index < -0.39 is 0 Å². The Kier molecular flexibility index (Phi) is 5.95. The molecule has 1 unspecified atom stereocenters. The highest BCUT2D eigenvalue weighted by Gasteiger charge is 2.15. The normalized spacial score (nSPS) is 12.2. The van der Waals surface area contributed by atoms with Crippen LogP contribution >= 0.6 is 11.6 Å². The van der Waals surface area contributed by atoms with E-state index >= 15 is 0 Å². The molecule has 0 fully saturated rings. The van der Waals surface area contributed by atoms with Crippen LogP contribution in [0.25, 0.3) is 0 Å². The topological polar surface area (TPSA) is 58.6 Å². The summed E-state index contributed by atoms with van der Waals surface area (Å²) in [6.07, 6.45) is 0.651. The van der Waals surface area contributed by atoms with Crippen molar-refractivity contribution in [1.82, 2.24) is 5.32 Å². The fraction of sp³-hybridized carbons (Fsp3) is 0.462. The van der Waals surface area contributed by atoms with E-state index in [0.717, 1.165) is 5.56 Å². The van der Waals surface area contributed by atoms with Crippen molar-refractivity contribution < 1.29 is 14.6 Å². The van der Waals surface area contributed by atoms with Crippen molar-refractivity contribution in [2.45, 2.75) is 19.4 Å².